The first-order valence-corrected chi connectivity index (χ1v) is 8.24. The second kappa shape index (κ2) is 8.41. The van der Waals surface area contributed by atoms with Gasteiger partial charge < -0.3 is 24.3 Å². The zero-order valence-corrected chi connectivity index (χ0v) is 15.6. The summed E-state index contributed by atoms with van der Waals surface area (Å²) in [4.78, 5) is 23.4. The lowest BCUT2D eigenvalue weighted by atomic mass is 9.82. The molecule has 0 bridgehead atoms. The maximum Gasteiger partial charge on any atom is 0.513 e. The van der Waals surface area contributed by atoms with E-state index in [0.717, 1.165) is 20.3 Å². The zero-order chi connectivity index (χ0) is 21.1. The standard InChI is InChI=1S/C18H20F3NO6/c1-9-14(27-16(23)25-3)13(15(10(2)22-9)28-17(24)26-4)11-7-5-6-8-12(11)18(19,20)21/h5-9,13-14,22H,1-4H3. The maximum atomic E-state index is 13.6. The van der Waals surface area contributed by atoms with Gasteiger partial charge in [-0.05, 0) is 25.5 Å². The summed E-state index contributed by atoms with van der Waals surface area (Å²) in [6.45, 7) is 3.15. The lowest BCUT2D eigenvalue weighted by Gasteiger charge is -2.38. The van der Waals surface area contributed by atoms with Crippen LogP contribution in [0, 0.1) is 0 Å². The molecule has 1 N–H and O–H groups in total. The monoisotopic (exact) mass is 403 g/mol. The van der Waals surface area contributed by atoms with E-state index in [9.17, 15) is 22.8 Å². The summed E-state index contributed by atoms with van der Waals surface area (Å²) >= 11 is 0. The number of rotatable bonds is 3. The molecule has 28 heavy (non-hydrogen) atoms. The van der Waals surface area contributed by atoms with Crippen LogP contribution in [0.4, 0.5) is 22.8 Å². The quantitative estimate of drug-likeness (QED) is 0.765. The Morgan fingerprint density at radius 2 is 1.68 bits per heavy atom. The highest BCUT2D eigenvalue weighted by atomic mass is 19.4. The van der Waals surface area contributed by atoms with Crippen LogP contribution in [0.1, 0.15) is 30.9 Å². The SMILES string of the molecule is COC(=O)OC1=C(C)NC(C)C(OC(=O)OC)C1c1ccccc1C(F)(F)F. The van der Waals surface area contributed by atoms with Crippen LogP contribution in [-0.4, -0.2) is 38.7 Å². The molecule has 1 aromatic carbocycles. The summed E-state index contributed by atoms with van der Waals surface area (Å²) < 4.78 is 60.2. The molecule has 7 nitrogen and oxygen atoms in total. The van der Waals surface area contributed by atoms with E-state index in [2.05, 4.69) is 14.8 Å². The highest BCUT2D eigenvalue weighted by Crippen LogP contribution is 2.43. The molecule has 2 rings (SSSR count). The molecule has 0 amide bonds. The number of hydrogen-bond acceptors (Lipinski definition) is 7. The van der Waals surface area contributed by atoms with Crippen LogP contribution in [0.15, 0.2) is 35.7 Å². The topological polar surface area (TPSA) is 83.1 Å². The number of nitrogens with one attached hydrogen (secondary N) is 1. The first kappa shape index (κ1) is 21.4. The van der Waals surface area contributed by atoms with Crippen molar-refractivity contribution in [3.8, 4) is 0 Å². The van der Waals surface area contributed by atoms with Crippen molar-refractivity contribution >= 4 is 12.3 Å². The van der Waals surface area contributed by atoms with Gasteiger partial charge in [-0.25, -0.2) is 9.59 Å². The predicted octanol–water partition coefficient (Wildman–Crippen LogP) is 3.95. The molecule has 3 unspecified atom stereocenters. The van der Waals surface area contributed by atoms with E-state index < -0.39 is 42.1 Å². The number of ether oxygens (including phenoxy) is 4. The van der Waals surface area contributed by atoms with Crippen molar-refractivity contribution in [2.24, 2.45) is 0 Å². The molecule has 1 heterocycles. The highest BCUT2D eigenvalue weighted by Gasteiger charge is 2.45. The number of halogens is 3. The Morgan fingerprint density at radius 3 is 2.25 bits per heavy atom. The average molecular weight is 403 g/mol. The van der Waals surface area contributed by atoms with E-state index in [1.165, 1.54) is 25.1 Å². The molecule has 0 radical (unpaired) electrons. The Bertz CT molecular complexity index is 777. The van der Waals surface area contributed by atoms with Crippen LogP contribution in [-0.2, 0) is 25.1 Å². The Hall–Kier alpha value is -2.91. The van der Waals surface area contributed by atoms with Crippen molar-refractivity contribution < 1.29 is 41.7 Å². The number of alkyl halides is 3. The fourth-order valence-electron chi connectivity index (χ4n) is 3.11. The normalized spacial score (nSPS) is 22.2. The van der Waals surface area contributed by atoms with Gasteiger partial charge in [0.2, 0.25) is 0 Å². The number of allylic oxidation sites excluding steroid dienone is 1. The predicted molar refractivity (Wildman–Crippen MR) is 90.3 cm³/mol. The molecule has 10 heteroatoms. The third-order valence-corrected chi connectivity index (χ3v) is 4.28. The molecular formula is C18H20F3NO6. The van der Waals surface area contributed by atoms with Crippen molar-refractivity contribution in [1.29, 1.82) is 0 Å². The minimum atomic E-state index is -4.68. The van der Waals surface area contributed by atoms with Crippen LogP contribution >= 0.6 is 0 Å². The molecular weight excluding hydrogens is 383 g/mol. The molecule has 3 atom stereocenters. The summed E-state index contributed by atoms with van der Waals surface area (Å²) in [7, 11) is 2.15. The van der Waals surface area contributed by atoms with E-state index in [1.54, 1.807) is 6.92 Å². The van der Waals surface area contributed by atoms with E-state index in [0.29, 0.717) is 5.70 Å². The fraction of sp³-hybridized carbons (Fsp3) is 0.444. The first-order chi connectivity index (χ1) is 13.1. The molecule has 1 aliphatic heterocycles. The smallest absolute Gasteiger partial charge is 0.438 e. The molecule has 0 aliphatic carbocycles. The van der Waals surface area contributed by atoms with Crippen LogP contribution in [0.25, 0.3) is 0 Å². The van der Waals surface area contributed by atoms with Gasteiger partial charge in [0.05, 0.1) is 31.7 Å². The van der Waals surface area contributed by atoms with E-state index in [4.69, 9.17) is 9.47 Å². The van der Waals surface area contributed by atoms with Gasteiger partial charge in [-0.1, -0.05) is 18.2 Å². The second-order valence-corrected chi connectivity index (χ2v) is 6.08. The lowest BCUT2D eigenvalue weighted by molar-refractivity contribution is -0.138. The molecule has 1 aromatic rings. The summed E-state index contributed by atoms with van der Waals surface area (Å²) in [6.07, 6.45) is -8.02. The fourth-order valence-corrected chi connectivity index (χ4v) is 3.11. The van der Waals surface area contributed by atoms with Gasteiger partial charge in [-0.15, -0.1) is 0 Å². The molecule has 0 saturated heterocycles. The summed E-state index contributed by atoms with van der Waals surface area (Å²) in [5.41, 5.74) is -0.841. The zero-order valence-electron chi connectivity index (χ0n) is 15.6. The Balaban J connectivity index is 2.66. The van der Waals surface area contributed by atoms with Crippen molar-refractivity contribution in [3.63, 3.8) is 0 Å². The maximum absolute atomic E-state index is 13.6. The van der Waals surface area contributed by atoms with E-state index in [1.807, 2.05) is 0 Å². The van der Waals surface area contributed by atoms with Gasteiger partial charge in [0.25, 0.3) is 0 Å². The number of carbonyl (C=O) groups is 2. The van der Waals surface area contributed by atoms with Gasteiger partial charge in [0, 0.05) is 5.70 Å². The van der Waals surface area contributed by atoms with Crippen LogP contribution in [0.5, 0.6) is 0 Å². The molecule has 1 aliphatic rings. The molecule has 0 saturated carbocycles. The largest absolute Gasteiger partial charge is 0.513 e. The number of benzene rings is 1. The molecule has 0 fully saturated rings. The Kier molecular flexibility index (Phi) is 6.42. The number of carbonyl (C=O) groups excluding carboxylic acids is 2. The minimum absolute atomic E-state index is 0.143. The number of methoxy groups -OCH3 is 2. The number of hydrogen-bond donors (Lipinski definition) is 1. The van der Waals surface area contributed by atoms with Crippen molar-refractivity contribution in [2.75, 3.05) is 14.2 Å². The van der Waals surface area contributed by atoms with Gasteiger partial charge in [-0.3, -0.25) is 0 Å². The van der Waals surface area contributed by atoms with E-state index >= 15 is 0 Å². The Morgan fingerprint density at radius 1 is 1.07 bits per heavy atom. The second-order valence-electron chi connectivity index (χ2n) is 6.08. The van der Waals surface area contributed by atoms with Gasteiger partial charge in [0.1, 0.15) is 11.9 Å². The minimum Gasteiger partial charge on any atom is -0.438 e. The van der Waals surface area contributed by atoms with Crippen molar-refractivity contribution in [2.45, 2.75) is 38.1 Å². The van der Waals surface area contributed by atoms with Gasteiger partial charge >= 0.3 is 18.5 Å². The van der Waals surface area contributed by atoms with Crippen LogP contribution in [0.3, 0.4) is 0 Å². The van der Waals surface area contributed by atoms with Crippen LogP contribution in [0.2, 0.25) is 0 Å². The summed E-state index contributed by atoms with van der Waals surface area (Å²) in [6, 6.07) is 4.20. The molecule has 0 aromatic heterocycles. The van der Waals surface area contributed by atoms with Gasteiger partial charge in [0.15, 0.2) is 0 Å². The molecule has 0 spiro atoms. The third kappa shape index (κ3) is 4.49. The van der Waals surface area contributed by atoms with Crippen molar-refractivity contribution in [3.05, 3.63) is 46.8 Å². The molecule has 154 valence electrons. The summed E-state index contributed by atoms with van der Waals surface area (Å²) in [5.74, 6) is -1.37. The Labute approximate surface area is 159 Å². The third-order valence-electron chi connectivity index (χ3n) is 4.28. The highest BCUT2D eigenvalue weighted by molar-refractivity contribution is 5.63. The van der Waals surface area contributed by atoms with Crippen LogP contribution < -0.4 is 5.32 Å². The first-order valence-electron chi connectivity index (χ1n) is 8.24. The van der Waals surface area contributed by atoms with Gasteiger partial charge in [-0.2, -0.15) is 13.2 Å². The van der Waals surface area contributed by atoms with Crippen molar-refractivity contribution in [1.82, 2.24) is 5.32 Å². The van der Waals surface area contributed by atoms with E-state index in [-0.39, 0.29) is 11.3 Å². The lowest BCUT2D eigenvalue weighted by Crippen LogP contribution is -2.49. The summed E-state index contributed by atoms with van der Waals surface area (Å²) in [5, 5.41) is 2.93. The average Bonchev–Trinajstić information content (AvgIpc) is 2.64.